The van der Waals surface area contributed by atoms with E-state index in [1.54, 1.807) is 20.3 Å². The zero-order valence-corrected chi connectivity index (χ0v) is 22.7. The fourth-order valence-corrected chi connectivity index (χ4v) is 5.80. The molecule has 0 radical (unpaired) electrons. The molecule has 2 atom stereocenters. The van der Waals surface area contributed by atoms with Gasteiger partial charge in [0.1, 0.15) is 16.9 Å². The van der Waals surface area contributed by atoms with Crippen LogP contribution >= 0.6 is 0 Å². The largest absolute Gasteiger partial charge is 0.477 e. The number of aliphatic hydroxyl groups excluding tert-OH is 1. The number of β-amino-alcohol motifs (C(OH)–C–C–N with tert-alkyl or cyclic N) is 1. The van der Waals surface area contributed by atoms with Gasteiger partial charge >= 0.3 is 5.97 Å². The average Bonchev–Trinajstić information content (AvgIpc) is 3.52. The van der Waals surface area contributed by atoms with Gasteiger partial charge in [-0.25, -0.2) is 23.5 Å². The van der Waals surface area contributed by atoms with Gasteiger partial charge < -0.3 is 34.9 Å². The highest BCUT2D eigenvalue weighted by atomic mass is 19.2. The molecule has 4 N–H and O–H groups in total. The molecule has 0 spiro atoms. The molecule has 4 aromatic heterocycles. The van der Waals surface area contributed by atoms with Crippen LogP contribution in [0.15, 0.2) is 35.5 Å². The summed E-state index contributed by atoms with van der Waals surface area (Å²) < 4.78 is 31.8. The van der Waals surface area contributed by atoms with Gasteiger partial charge in [-0.15, -0.1) is 0 Å². The number of carbonyl (C=O) groups is 1. The number of nitrogens with zero attached hydrogens (tertiary/aromatic N) is 5. The molecule has 5 heterocycles. The Bertz CT molecular complexity index is 1950. The van der Waals surface area contributed by atoms with Gasteiger partial charge in [-0.3, -0.25) is 4.79 Å². The van der Waals surface area contributed by atoms with Gasteiger partial charge in [-0.1, -0.05) is 0 Å². The number of halogens is 2. The summed E-state index contributed by atoms with van der Waals surface area (Å²) in [4.78, 5) is 40.7. The highest BCUT2D eigenvalue weighted by Crippen LogP contribution is 2.44. The van der Waals surface area contributed by atoms with E-state index in [1.165, 1.54) is 23.0 Å². The zero-order valence-electron chi connectivity index (χ0n) is 22.7. The van der Waals surface area contributed by atoms with E-state index < -0.39 is 34.7 Å². The Hall–Kier alpha value is -4.62. The van der Waals surface area contributed by atoms with Crippen molar-refractivity contribution in [1.82, 2.24) is 24.4 Å². The summed E-state index contributed by atoms with van der Waals surface area (Å²) in [6.45, 7) is 0.568. The Morgan fingerprint density at radius 3 is 2.59 bits per heavy atom. The third-order valence-electron chi connectivity index (χ3n) is 7.83. The van der Waals surface area contributed by atoms with Gasteiger partial charge in [-0.05, 0) is 20.2 Å². The van der Waals surface area contributed by atoms with E-state index in [1.807, 2.05) is 23.9 Å². The third-order valence-corrected chi connectivity index (χ3v) is 7.83. The predicted octanol–water partition coefficient (Wildman–Crippen LogP) is 2.76. The molecule has 212 valence electrons. The predicted molar refractivity (Wildman–Crippen MR) is 152 cm³/mol. The number of aliphatic hydroxyl groups is 1. The standard InChI is InChI=1S/C28H27F2N7O4/c1-31-17-6-16(29)22(30)20-21-24(37-10-18(35(2)3)19(38)11-37)14(8-32-26(21)34-23(17)20)12-5-13-25(39)15(28(40)41)9-36(4)27(13)33-7-12/h5-9,18-19,31,38H,10-11H2,1-4H3,(H,32,34)(H,40,41)/t18?,19-/m1/s1. The van der Waals surface area contributed by atoms with Crippen LogP contribution in [0.4, 0.5) is 20.2 Å². The normalized spacial score (nSPS) is 17.4. The lowest BCUT2D eigenvalue weighted by Gasteiger charge is -2.25. The Balaban J connectivity index is 1.71. The Morgan fingerprint density at radius 2 is 1.93 bits per heavy atom. The van der Waals surface area contributed by atoms with Gasteiger partial charge in [-0.2, -0.15) is 0 Å². The molecule has 1 aliphatic rings. The van der Waals surface area contributed by atoms with Crippen molar-refractivity contribution in [2.75, 3.05) is 44.4 Å². The number of pyridine rings is 3. The van der Waals surface area contributed by atoms with E-state index in [2.05, 4.69) is 20.3 Å². The Kier molecular flexibility index (Phi) is 6.16. The quantitative estimate of drug-likeness (QED) is 0.254. The van der Waals surface area contributed by atoms with Crippen molar-refractivity contribution in [2.45, 2.75) is 12.1 Å². The zero-order chi connectivity index (χ0) is 29.3. The second-order valence-electron chi connectivity index (χ2n) is 10.5. The Labute approximate surface area is 231 Å². The van der Waals surface area contributed by atoms with Crippen molar-refractivity contribution in [3.05, 3.63) is 58.1 Å². The molecule has 0 amide bonds. The van der Waals surface area contributed by atoms with Crippen LogP contribution in [0.2, 0.25) is 0 Å². The molecule has 13 heteroatoms. The minimum Gasteiger partial charge on any atom is -0.477 e. The first-order chi connectivity index (χ1) is 19.5. The molecule has 0 bridgehead atoms. The first-order valence-corrected chi connectivity index (χ1v) is 12.8. The fraction of sp³-hybridized carbons (Fsp3) is 0.286. The number of benzene rings is 1. The highest BCUT2D eigenvalue weighted by molar-refractivity contribution is 6.18. The lowest BCUT2D eigenvalue weighted by Crippen LogP contribution is -2.38. The molecule has 1 aliphatic heterocycles. The van der Waals surface area contributed by atoms with E-state index in [4.69, 9.17) is 0 Å². The molecule has 1 aromatic carbocycles. The van der Waals surface area contributed by atoms with E-state index in [0.717, 1.165) is 6.07 Å². The van der Waals surface area contributed by atoms with Crippen molar-refractivity contribution in [3.8, 4) is 11.1 Å². The summed E-state index contributed by atoms with van der Waals surface area (Å²) in [7, 11) is 6.89. The van der Waals surface area contributed by atoms with Gasteiger partial charge in [0, 0.05) is 63.0 Å². The number of carboxylic acids is 1. The van der Waals surface area contributed by atoms with E-state index in [-0.39, 0.29) is 29.0 Å². The number of aryl methyl sites for hydroxylation is 1. The molecule has 1 unspecified atom stereocenters. The maximum absolute atomic E-state index is 15.5. The molecule has 0 aliphatic carbocycles. The summed E-state index contributed by atoms with van der Waals surface area (Å²) in [5.41, 5.74) is 1.51. The molecule has 0 saturated carbocycles. The van der Waals surface area contributed by atoms with Crippen LogP contribution in [0.3, 0.4) is 0 Å². The number of carboxylic acid groups (broad SMARTS) is 1. The molecular formula is C28H27F2N7O4. The smallest absolute Gasteiger partial charge is 0.341 e. The van der Waals surface area contributed by atoms with Crippen LogP contribution in [0, 0.1) is 11.6 Å². The molecule has 5 aromatic rings. The third kappa shape index (κ3) is 3.99. The highest BCUT2D eigenvalue weighted by Gasteiger charge is 2.36. The van der Waals surface area contributed by atoms with Crippen molar-refractivity contribution in [3.63, 3.8) is 0 Å². The summed E-state index contributed by atoms with van der Waals surface area (Å²) in [5.74, 6) is -3.45. The fourth-order valence-electron chi connectivity index (χ4n) is 5.80. The minimum atomic E-state index is -1.36. The number of fused-ring (bicyclic) bond motifs is 4. The van der Waals surface area contributed by atoms with Crippen LogP contribution in [0.25, 0.3) is 44.1 Å². The van der Waals surface area contributed by atoms with Gasteiger partial charge in [0.25, 0.3) is 0 Å². The average molecular weight is 564 g/mol. The topological polar surface area (TPSA) is 140 Å². The molecular weight excluding hydrogens is 536 g/mol. The van der Waals surface area contributed by atoms with Crippen LogP contribution < -0.4 is 15.6 Å². The maximum Gasteiger partial charge on any atom is 0.341 e. The number of aromatic nitrogens is 4. The van der Waals surface area contributed by atoms with Crippen molar-refractivity contribution in [2.24, 2.45) is 7.05 Å². The van der Waals surface area contributed by atoms with Crippen molar-refractivity contribution < 1.29 is 23.8 Å². The van der Waals surface area contributed by atoms with Crippen LogP contribution in [0.5, 0.6) is 0 Å². The molecule has 1 fully saturated rings. The summed E-state index contributed by atoms with van der Waals surface area (Å²) in [5, 5.41) is 23.7. The Morgan fingerprint density at radius 1 is 1.17 bits per heavy atom. The lowest BCUT2D eigenvalue weighted by atomic mass is 10.0. The summed E-state index contributed by atoms with van der Waals surface area (Å²) >= 11 is 0. The molecule has 41 heavy (non-hydrogen) atoms. The second kappa shape index (κ2) is 9.49. The second-order valence-corrected chi connectivity index (χ2v) is 10.5. The number of likely N-dealkylation sites (N-methyl/N-ethyl adjacent to an activating group) is 1. The lowest BCUT2D eigenvalue weighted by molar-refractivity contribution is 0.0695. The number of anilines is 2. The maximum atomic E-state index is 15.5. The number of aromatic amines is 1. The molecule has 11 nitrogen and oxygen atoms in total. The van der Waals surface area contributed by atoms with Crippen LogP contribution in [-0.2, 0) is 7.05 Å². The van der Waals surface area contributed by atoms with Crippen LogP contribution in [0.1, 0.15) is 10.4 Å². The van der Waals surface area contributed by atoms with Crippen molar-refractivity contribution in [1.29, 1.82) is 0 Å². The number of aromatic carboxylic acids is 1. The minimum absolute atomic E-state index is 0.00526. The van der Waals surface area contributed by atoms with Gasteiger partial charge in [0.05, 0.1) is 45.2 Å². The van der Waals surface area contributed by atoms with Crippen LogP contribution in [-0.4, -0.2) is 87.0 Å². The van der Waals surface area contributed by atoms with Gasteiger partial charge in [0.2, 0.25) is 5.43 Å². The first kappa shape index (κ1) is 26.6. The van der Waals surface area contributed by atoms with E-state index >= 15 is 4.39 Å². The van der Waals surface area contributed by atoms with Gasteiger partial charge in [0.15, 0.2) is 11.6 Å². The number of hydrogen-bond donors (Lipinski definition) is 4. The number of nitrogens with one attached hydrogen (secondary N) is 2. The number of rotatable bonds is 5. The van der Waals surface area contributed by atoms with Crippen molar-refractivity contribution >= 4 is 50.3 Å². The molecule has 6 rings (SSSR count). The molecule has 1 saturated heterocycles. The first-order valence-electron chi connectivity index (χ1n) is 12.8. The van der Waals surface area contributed by atoms with E-state index in [9.17, 15) is 24.2 Å². The summed E-state index contributed by atoms with van der Waals surface area (Å²) in [6, 6.07) is 2.36. The number of H-pyrrole nitrogens is 1. The monoisotopic (exact) mass is 563 g/mol. The van der Waals surface area contributed by atoms with E-state index in [0.29, 0.717) is 45.6 Å². The number of hydrogen-bond acceptors (Lipinski definition) is 8. The summed E-state index contributed by atoms with van der Waals surface area (Å²) in [6.07, 6.45) is 3.55. The SMILES string of the molecule is CNc1cc(F)c(F)c2c1[nH]c1ncc(-c3cnc4c(c3)c(=O)c(C(=O)O)cn4C)c(N3CC(N(C)C)[C@H](O)C3)c12.